The van der Waals surface area contributed by atoms with Gasteiger partial charge >= 0.3 is 0 Å². The van der Waals surface area contributed by atoms with Crippen molar-refractivity contribution in [3.05, 3.63) is 36.0 Å². The number of hydrogen-bond acceptors (Lipinski definition) is 2. The maximum atomic E-state index is 12.5. The van der Waals surface area contributed by atoms with E-state index in [1.54, 1.807) is 0 Å². The normalized spacial score (nSPS) is 16.8. The Balaban J connectivity index is 1.80. The zero-order valence-corrected chi connectivity index (χ0v) is 11.7. The van der Waals surface area contributed by atoms with Crippen molar-refractivity contribution in [3.8, 4) is 0 Å². The SMILES string of the molecule is Cn1ccc2ccc(C(=O)N3CCC(CO)CC3)cc21. The molecule has 0 radical (unpaired) electrons. The highest BCUT2D eigenvalue weighted by atomic mass is 16.3. The number of aryl methyl sites for hydroxylation is 1. The zero-order valence-electron chi connectivity index (χ0n) is 11.7. The number of benzene rings is 1. The third-order valence-electron chi connectivity index (χ3n) is 4.30. The van der Waals surface area contributed by atoms with Gasteiger partial charge in [-0.25, -0.2) is 0 Å². The topological polar surface area (TPSA) is 45.5 Å². The van der Waals surface area contributed by atoms with E-state index >= 15 is 0 Å². The fourth-order valence-corrected chi connectivity index (χ4v) is 2.90. The monoisotopic (exact) mass is 272 g/mol. The van der Waals surface area contributed by atoms with E-state index in [2.05, 4.69) is 6.07 Å². The van der Waals surface area contributed by atoms with Crippen LogP contribution in [0.3, 0.4) is 0 Å². The van der Waals surface area contributed by atoms with Crippen LogP contribution in [0, 0.1) is 5.92 Å². The maximum Gasteiger partial charge on any atom is 0.253 e. The van der Waals surface area contributed by atoms with E-state index in [1.165, 1.54) is 0 Å². The van der Waals surface area contributed by atoms with E-state index in [1.807, 2.05) is 40.9 Å². The van der Waals surface area contributed by atoms with E-state index in [0.717, 1.165) is 42.4 Å². The Morgan fingerprint density at radius 1 is 1.30 bits per heavy atom. The second-order valence-corrected chi connectivity index (χ2v) is 5.62. The molecule has 1 amide bonds. The summed E-state index contributed by atoms with van der Waals surface area (Å²) in [7, 11) is 1.99. The number of carbonyl (C=O) groups excluding carboxylic acids is 1. The molecule has 0 saturated carbocycles. The van der Waals surface area contributed by atoms with Crippen molar-refractivity contribution in [1.82, 2.24) is 9.47 Å². The van der Waals surface area contributed by atoms with Gasteiger partial charge in [-0.1, -0.05) is 6.07 Å². The number of aliphatic hydroxyl groups is 1. The van der Waals surface area contributed by atoms with Crippen LogP contribution in [0.5, 0.6) is 0 Å². The van der Waals surface area contributed by atoms with Crippen molar-refractivity contribution in [2.24, 2.45) is 13.0 Å². The Hall–Kier alpha value is -1.81. The summed E-state index contributed by atoms with van der Waals surface area (Å²) in [5.41, 5.74) is 1.84. The number of aromatic nitrogens is 1. The fourth-order valence-electron chi connectivity index (χ4n) is 2.90. The summed E-state index contributed by atoms with van der Waals surface area (Å²) in [4.78, 5) is 14.4. The fraction of sp³-hybridized carbons (Fsp3) is 0.438. The van der Waals surface area contributed by atoms with Gasteiger partial charge in [0.15, 0.2) is 0 Å². The molecule has 1 N–H and O–H groups in total. The van der Waals surface area contributed by atoms with E-state index in [9.17, 15) is 4.79 Å². The number of fused-ring (bicyclic) bond motifs is 1. The van der Waals surface area contributed by atoms with E-state index < -0.39 is 0 Å². The summed E-state index contributed by atoms with van der Waals surface area (Å²) in [6.45, 7) is 1.72. The molecule has 0 spiro atoms. The van der Waals surface area contributed by atoms with Crippen LogP contribution in [0.25, 0.3) is 10.9 Å². The van der Waals surface area contributed by atoms with Gasteiger partial charge in [0.25, 0.3) is 5.91 Å². The van der Waals surface area contributed by atoms with Crippen molar-refractivity contribution in [2.75, 3.05) is 19.7 Å². The minimum Gasteiger partial charge on any atom is -0.396 e. The predicted octanol–water partition coefficient (Wildman–Crippen LogP) is 2.02. The Morgan fingerprint density at radius 2 is 2.05 bits per heavy atom. The van der Waals surface area contributed by atoms with Crippen LogP contribution < -0.4 is 0 Å². The summed E-state index contributed by atoms with van der Waals surface area (Å²) < 4.78 is 2.03. The summed E-state index contributed by atoms with van der Waals surface area (Å²) in [6.07, 6.45) is 3.80. The molecule has 0 bridgehead atoms. The highest BCUT2D eigenvalue weighted by Gasteiger charge is 2.23. The lowest BCUT2D eigenvalue weighted by Gasteiger charge is -2.31. The average Bonchev–Trinajstić information content (AvgIpc) is 2.87. The van der Waals surface area contributed by atoms with Gasteiger partial charge < -0.3 is 14.6 Å². The first-order chi connectivity index (χ1) is 9.69. The Morgan fingerprint density at radius 3 is 2.75 bits per heavy atom. The summed E-state index contributed by atoms with van der Waals surface area (Å²) in [5.74, 6) is 0.457. The predicted molar refractivity (Wildman–Crippen MR) is 78.6 cm³/mol. The molecule has 1 aromatic carbocycles. The molecule has 20 heavy (non-hydrogen) atoms. The molecule has 1 fully saturated rings. The van der Waals surface area contributed by atoms with Gasteiger partial charge in [0.2, 0.25) is 0 Å². The lowest BCUT2D eigenvalue weighted by molar-refractivity contribution is 0.0651. The van der Waals surface area contributed by atoms with E-state index in [0.29, 0.717) is 5.92 Å². The first-order valence-corrected chi connectivity index (χ1v) is 7.14. The van der Waals surface area contributed by atoms with E-state index in [4.69, 9.17) is 5.11 Å². The summed E-state index contributed by atoms with van der Waals surface area (Å²) in [5, 5.41) is 10.3. The summed E-state index contributed by atoms with van der Waals surface area (Å²) in [6, 6.07) is 7.93. The Labute approximate surface area is 118 Å². The molecule has 1 aliphatic heterocycles. The molecule has 2 aromatic rings. The quantitative estimate of drug-likeness (QED) is 0.909. The molecular weight excluding hydrogens is 252 g/mol. The van der Waals surface area contributed by atoms with Crippen molar-refractivity contribution in [3.63, 3.8) is 0 Å². The first kappa shape index (κ1) is 13.2. The third-order valence-corrected chi connectivity index (χ3v) is 4.30. The lowest BCUT2D eigenvalue weighted by atomic mass is 9.97. The number of piperidine rings is 1. The Kier molecular flexibility index (Phi) is 3.49. The second-order valence-electron chi connectivity index (χ2n) is 5.62. The Bertz CT molecular complexity index is 624. The third kappa shape index (κ3) is 2.31. The van der Waals surface area contributed by atoms with Gasteiger partial charge in [-0.3, -0.25) is 4.79 Å². The smallest absolute Gasteiger partial charge is 0.253 e. The summed E-state index contributed by atoms with van der Waals surface area (Å²) >= 11 is 0. The van der Waals surface area contributed by atoms with Crippen LogP contribution in [0.2, 0.25) is 0 Å². The molecule has 1 aliphatic rings. The van der Waals surface area contributed by atoms with Gasteiger partial charge in [0.1, 0.15) is 0 Å². The highest BCUT2D eigenvalue weighted by Crippen LogP contribution is 2.21. The van der Waals surface area contributed by atoms with Crippen LogP contribution in [-0.4, -0.2) is 40.2 Å². The number of hydrogen-bond donors (Lipinski definition) is 1. The van der Waals surface area contributed by atoms with Gasteiger partial charge in [0, 0.05) is 44.0 Å². The number of carbonyl (C=O) groups is 1. The van der Waals surface area contributed by atoms with Gasteiger partial charge in [-0.2, -0.15) is 0 Å². The number of rotatable bonds is 2. The molecule has 1 saturated heterocycles. The molecule has 106 valence electrons. The molecule has 3 rings (SSSR count). The van der Waals surface area contributed by atoms with Crippen LogP contribution in [0.1, 0.15) is 23.2 Å². The maximum absolute atomic E-state index is 12.5. The number of amides is 1. The minimum atomic E-state index is 0.101. The number of likely N-dealkylation sites (tertiary alicyclic amines) is 1. The molecule has 4 nitrogen and oxygen atoms in total. The van der Waals surface area contributed by atoms with Crippen molar-refractivity contribution in [2.45, 2.75) is 12.8 Å². The lowest BCUT2D eigenvalue weighted by Crippen LogP contribution is -2.39. The van der Waals surface area contributed by atoms with Crippen molar-refractivity contribution >= 4 is 16.8 Å². The van der Waals surface area contributed by atoms with E-state index in [-0.39, 0.29) is 12.5 Å². The van der Waals surface area contributed by atoms with Crippen molar-refractivity contribution < 1.29 is 9.90 Å². The van der Waals surface area contributed by atoms with Crippen LogP contribution in [-0.2, 0) is 7.05 Å². The van der Waals surface area contributed by atoms with Gasteiger partial charge in [-0.05, 0) is 42.3 Å². The first-order valence-electron chi connectivity index (χ1n) is 7.14. The molecule has 0 aliphatic carbocycles. The van der Waals surface area contributed by atoms with Crippen molar-refractivity contribution in [1.29, 1.82) is 0 Å². The molecule has 4 heteroatoms. The zero-order chi connectivity index (χ0) is 14.1. The molecule has 1 aromatic heterocycles. The molecule has 2 heterocycles. The largest absolute Gasteiger partial charge is 0.396 e. The highest BCUT2D eigenvalue weighted by molar-refractivity contribution is 5.98. The number of nitrogens with zero attached hydrogens (tertiary/aromatic N) is 2. The average molecular weight is 272 g/mol. The second kappa shape index (κ2) is 5.29. The number of aliphatic hydroxyl groups excluding tert-OH is 1. The standard InChI is InChI=1S/C16H20N2O2/c1-17-7-6-13-2-3-14(10-15(13)17)16(20)18-8-4-12(11-19)5-9-18/h2-3,6-7,10,12,19H,4-5,8-9,11H2,1H3. The molecule has 0 unspecified atom stereocenters. The molecule has 0 atom stereocenters. The van der Waals surface area contributed by atoms with Crippen LogP contribution in [0.4, 0.5) is 0 Å². The minimum absolute atomic E-state index is 0.101. The van der Waals surface area contributed by atoms with Gasteiger partial charge in [0.05, 0.1) is 0 Å². The van der Waals surface area contributed by atoms with Crippen LogP contribution >= 0.6 is 0 Å². The van der Waals surface area contributed by atoms with Crippen LogP contribution in [0.15, 0.2) is 30.5 Å². The molecular formula is C16H20N2O2. The van der Waals surface area contributed by atoms with Gasteiger partial charge in [-0.15, -0.1) is 0 Å².